The smallest absolute Gasteiger partial charge is 0.255 e. The minimum absolute atomic E-state index is 0.0637. The van der Waals surface area contributed by atoms with E-state index in [1.54, 1.807) is 21.2 Å². The number of ketones is 1. The van der Waals surface area contributed by atoms with Gasteiger partial charge < -0.3 is 15.5 Å². The van der Waals surface area contributed by atoms with Gasteiger partial charge in [0.1, 0.15) is 6.04 Å². The number of amides is 2. The molecular formula is C17H23N3O3S. The van der Waals surface area contributed by atoms with Crippen LogP contribution < -0.4 is 5.73 Å². The molecule has 2 amide bonds. The van der Waals surface area contributed by atoms with E-state index in [1.165, 1.54) is 11.3 Å². The molecule has 2 saturated heterocycles. The molecule has 2 N–H and O–H groups in total. The van der Waals surface area contributed by atoms with Gasteiger partial charge in [0.15, 0.2) is 5.78 Å². The van der Waals surface area contributed by atoms with Gasteiger partial charge >= 0.3 is 0 Å². The van der Waals surface area contributed by atoms with Crippen molar-refractivity contribution in [1.29, 1.82) is 0 Å². The van der Waals surface area contributed by atoms with Gasteiger partial charge in [-0.2, -0.15) is 11.3 Å². The molecule has 0 aliphatic carbocycles. The van der Waals surface area contributed by atoms with Crippen LogP contribution in [0.2, 0.25) is 0 Å². The molecule has 24 heavy (non-hydrogen) atoms. The largest absolute Gasteiger partial charge is 0.329 e. The molecule has 3 atom stereocenters. The summed E-state index contributed by atoms with van der Waals surface area (Å²) in [6.45, 7) is 4.59. The molecule has 0 aromatic carbocycles. The van der Waals surface area contributed by atoms with Gasteiger partial charge in [0, 0.05) is 11.9 Å². The zero-order valence-corrected chi connectivity index (χ0v) is 14.8. The summed E-state index contributed by atoms with van der Waals surface area (Å²) < 4.78 is 0. The second-order valence-electron chi connectivity index (χ2n) is 6.98. The van der Waals surface area contributed by atoms with E-state index in [9.17, 15) is 14.4 Å². The maximum absolute atomic E-state index is 12.6. The van der Waals surface area contributed by atoms with E-state index in [2.05, 4.69) is 0 Å². The minimum atomic E-state index is -0.585. The van der Waals surface area contributed by atoms with Gasteiger partial charge in [-0.1, -0.05) is 13.8 Å². The number of hydrogen-bond donors (Lipinski definition) is 1. The highest BCUT2D eigenvalue weighted by Crippen LogP contribution is 2.31. The molecule has 3 heterocycles. The Bertz CT molecular complexity index is 644. The van der Waals surface area contributed by atoms with Crippen molar-refractivity contribution in [2.45, 2.75) is 44.8 Å². The molecule has 0 bridgehead atoms. The summed E-state index contributed by atoms with van der Waals surface area (Å²) in [5.74, 6) is -0.0447. The Morgan fingerprint density at radius 3 is 2.75 bits per heavy atom. The highest BCUT2D eigenvalue weighted by atomic mass is 32.1. The molecule has 0 spiro atoms. The van der Waals surface area contributed by atoms with Crippen molar-refractivity contribution in [3.63, 3.8) is 0 Å². The lowest BCUT2D eigenvalue weighted by Crippen LogP contribution is -2.50. The summed E-state index contributed by atoms with van der Waals surface area (Å²) in [7, 11) is 0. The topological polar surface area (TPSA) is 83.7 Å². The van der Waals surface area contributed by atoms with Crippen molar-refractivity contribution < 1.29 is 14.4 Å². The summed E-state index contributed by atoms with van der Waals surface area (Å²) >= 11 is 1.45. The zero-order chi connectivity index (χ0) is 17.4. The van der Waals surface area contributed by atoms with Gasteiger partial charge in [0.2, 0.25) is 5.91 Å². The van der Waals surface area contributed by atoms with E-state index < -0.39 is 12.1 Å². The predicted molar refractivity (Wildman–Crippen MR) is 91.7 cm³/mol. The van der Waals surface area contributed by atoms with Crippen molar-refractivity contribution in [2.24, 2.45) is 11.7 Å². The lowest BCUT2D eigenvalue weighted by atomic mass is 10.0. The highest BCUT2D eigenvalue weighted by molar-refractivity contribution is 7.08. The number of carbonyl (C=O) groups is 3. The average molecular weight is 349 g/mol. The maximum Gasteiger partial charge on any atom is 0.255 e. The van der Waals surface area contributed by atoms with Crippen LogP contribution in [0, 0.1) is 5.92 Å². The molecule has 2 aliphatic rings. The van der Waals surface area contributed by atoms with Crippen LogP contribution in [0.3, 0.4) is 0 Å². The lowest BCUT2D eigenvalue weighted by Gasteiger charge is -2.26. The van der Waals surface area contributed by atoms with Crippen molar-refractivity contribution in [3.05, 3.63) is 22.4 Å². The van der Waals surface area contributed by atoms with Crippen LogP contribution in [-0.4, -0.2) is 58.6 Å². The fraction of sp³-hybridized carbons (Fsp3) is 0.588. The van der Waals surface area contributed by atoms with E-state index in [0.717, 1.165) is 0 Å². The first kappa shape index (κ1) is 17.1. The van der Waals surface area contributed by atoms with E-state index in [0.29, 0.717) is 30.9 Å². The molecular weight excluding hydrogens is 326 g/mol. The Morgan fingerprint density at radius 1 is 1.38 bits per heavy atom. The number of fused-ring (bicyclic) bond motifs is 1. The summed E-state index contributed by atoms with van der Waals surface area (Å²) in [5.41, 5.74) is 6.62. The molecule has 3 rings (SSSR count). The molecule has 3 unspecified atom stereocenters. The number of nitrogens with zero attached hydrogens (tertiary/aromatic N) is 2. The molecule has 0 radical (unpaired) electrons. The Balaban J connectivity index is 1.75. The second kappa shape index (κ2) is 6.64. The Morgan fingerprint density at radius 2 is 2.12 bits per heavy atom. The first-order valence-electron chi connectivity index (χ1n) is 8.32. The molecule has 1 aromatic rings. The molecule has 130 valence electrons. The van der Waals surface area contributed by atoms with Crippen molar-refractivity contribution in [2.75, 3.05) is 13.1 Å². The van der Waals surface area contributed by atoms with Crippen LogP contribution in [0.5, 0.6) is 0 Å². The van der Waals surface area contributed by atoms with Gasteiger partial charge in [-0.05, 0) is 30.2 Å². The zero-order valence-electron chi connectivity index (χ0n) is 14.0. The van der Waals surface area contributed by atoms with Crippen LogP contribution >= 0.6 is 11.3 Å². The molecule has 2 fully saturated rings. The second-order valence-corrected chi connectivity index (χ2v) is 7.76. The van der Waals surface area contributed by atoms with Crippen LogP contribution in [-0.2, 0) is 9.59 Å². The SMILES string of the molecule is CC(C)CC(N)C(=O)N1CCC2C1C(=O)CN2C(=O)c1ccsc1. The van der Waals surface area contributed by atoms with Gasteiger partial charge in [0.25, 0.3) is 5.91 Å². The van der Waals surface area contributed by atoms with Gasteiger partial charge in [-0.15, -0.1) is 0 Å². The summed E-state index contributed by atoms with van der Waals surface area (Å²) in [5, 5.41) is 3.63. The monoisotopic (exact) mass is 349 g/mol. The van der Waals surface area contributed by atoms with Crippen LogP contribution in [0.25, 0.3) is 0 Å². The fourth-order valence-corrected chi connectivity index (χ4v) is 4.34. The van der Waals surface area contributed by atoms with Gasteiger partial charge in [-0.3, -0.25) is 14.4 Å². The van der Waals surface area contributed by atoms with Crippen molar-refractivity contribution in [3.8, 4) is 0 Å². The van der Waals surface area contributed by atoms with E-state index in [-0.39, 0.29) is 30.2 Å². The number of thiophene rings is 1. The summed E-state index contributed by atoms with van der Waals surface area (Å²) in [6, 6.07) is 0.429. The van der Waals surface area contributed by atoms with Gasteiger partial charge in [0.05, 0.1) is 24.2 Å². The third kappa shape index (κ3) is 2.98. The minimum Gasteiger partial charge on any atom is -0.329 e. The Hall–Kier alpha value is -1.73. The predicted octanol–water partition coefficient (Wildman–Crippen LogP) is 1.12. The number of rotatable bonds is 4. The third-order valence-corrected chi connectivity index (χ3v) is 5.46. The quantitative estimate of drug-likeness (QED) is 0.883. The number of carbonyl (C=O) groups excluding carboxylic acids is 3. The van der Waals surface area contributed by atoms with Gasteiger partial charge in [-0.25, -0.2) is 0 Å². The highest BCUT2D eigenvalue weighted by Gasteiger charge is 2.51. The number of nitrogens with two attached hydrogens (primary N) is 1. The lowest BCUT2D eigenvalue weighted by molar-refractivity contribution is -0.137. The number of Topliss-reactive ketones (excluding diaryl/α,β-unsaturated/α-hetero) is 1. The van der Waals surface area contributed by atoms with E-state index in [4.69, 9.17) is 5.73 Å². The first-order chi connectivity index (χ1) is 11.4. The maximum atomic E-state index is 12.6. The molecule has 1 aromatic heterocycles. The average Bonchev–Trinajstić information content (AvgIpc) is 3.23. The normalized spacial score (nSPS) is 24.6. The summed E-state index contributed by atoms with van der Waals surface area (Å²) in [6.07, 6.45) is 1.23. The van der Waals surface area contributed by atoms with Crippen molar-refractivity contribution in [1.82, 2.24) is 9.80 Å². The molecule has 6 nitrogen and oxygen atoms in total. The first-order valence-corrected chi connectivity index (χ1v) is 9.26. The standard InChI is InChI=1S/C17H23N3O3S/c1-10(2)7-12(18)17(23)19-5-3-13-15(19)14(21)8-20(13)16(22)11-4-6-24-9-11/h4,6,9-10,12-13,15H,3,5,7-8,18H2,1-2H3. The van der Waals surface area contributed by atoms with Crippen LogP contribution in [0.1, 0.15) is 37.0 Å². The fourth-order valence-electron chi connectivity index (χ4n) is 3.71. The van der Waals surface area contributed by atoms with Crippen LogP contribution in [0.4, 0.5) is 0 Å². The molecule has 2 aliphatic heterocycles. The van der Waals surface area contributed by atoms with Crippen LogP contribution in [0.15, 0.2) is 16.8 Å². The number of hydrogen-bond acceptors (Lipinski definition) is 5. The summed E-state index contributed by atoms with van der Waals surface area (Å²) in [4.78, 5) is 40.9. The molecule has 7 heteroatoms. The third-order valence-electron chi connectivity index (χ3n) is 4.78. The number of likely N-dealkylation sites (tertiary alicyclic amines) is 2. The van der Waals surface area contributed by atoms with E-state index >= 15 is 0 Å². The Kier molecular flexibility index (Phi) is 4.73. The Labute approximate surface area is 145 Å². The van der Waals surface area contributed by atoms with Crippen molar-refractivity contribution >= 4 is 28.9 Å². The van der Waals surface area contributed by atoms with E-state index in [1.807, 2.05) is 19.2 Å². The molecule has 0 saturated carbocycles.